The van der Waals surface area contributed by atoms with Crippen LogP contribution in [0.3, 0.4) is 0 Å². The van der Waals surface area contributed by atoms with E-state index in [4.69, 9.17) is 0 Å². The predicted octanol–water partition coefficient (Wildman–Crippen LogP) is 1.65. The largest absolute Gasteiger partial charge is 0.308 e. The van der Waals surface area contributed by atoms with Crippen LogP contribution in [0.5, 0.6) is 0 Å². The number of rotatable bonds is 5. The fourth-order valence-electron chi connectivity index (χ4n) is 2.57. The summed E-state index contributed by atoms with van der Waals surface area (Å²) in [5.41, 5.74) is 2.53. The molecular formula is C14H26N4. The number of hydrogen-bond donors (Lipinski definition) is 1. The first-order chi connectivity index (χ1) is 8.72. The van der Waals surface area contributed by atoms with Gasteiger partial charge < -0.3 is 10.2 Å². The van der Waals surface area contributed by atoms with E-state index in [0.29, 0.717) is 6.04 Å². The van der Waals surface area contributed by atoms with Gasteiger partial charge in [-0.3, -0.25) is 4.68 Å². The highest BCUT2D eigenvalue weighted by Gasteiger charge is 2.16. The third-order valence-corrected chi connectivity index (χ3v) is 3.87. The van der Waals surface area contributed by atoms with Crippen molar-refractivity contribution in [1.29, 1.82) is 0 Å². The van der Waals surface area contributed by atoms with Crippen molar-refractivity contribution in [3.63, 3.8) is 0 Å². The third kappa shape index (κ3) is 3.33. The highest BCUT2D eigenvalue weighted by atomic mass is 15.3. The van der Waals surface area contributed by atoms with Crippen LogP contribution in [0.4, 0.5) is 0 Å². The zero-order valence-electron chi connectivity index (χ0n) is 11.9. The summed E-state index contributed by atoms with van der Waals surface area (Å²) >= 11 is 0. The minimum atomic E-state index is 0.673. The molecule has 1 aliphatic rings. The number of hydrogen-bond acceptors (Lipinski definition) is 3. The second kappa shape index (κ2) is 6.34. The smallest absolute Gasteiger partial charge is 0.0625 e. The Labute approximate surface area is 110 Å². The first-order valence-corrected chi connectivity index (χ1v) is 7.20. The van der Waals surface area contributed by atoms with Gasteiger partial charge in [0.2, 0.25) is 0 Å². The summed E-state index contributed by atoms with van der Waals surface area (Å²) in [5, 5.41) is 8.27. The minimum absolute atomic E-state index is 0.673. The summed E-state index contributed by atoms with van der Waals surface area (Å²) in [5.74, 6) is 0. The molecule has 0 saturated carbocycles. The first-order valence-electron chi connectivity index (χ1n) is 7.20. The van der Waals surface area contributed by atoms with Crippen LogP contribution in [-0.2, 0) is 19.5 Å². The van der Waals surface area contributed by atoms with Gasteiger partial charge in [-0.1, -0.05) is 6.92 Å². The highest BCUT2D eigenvalue weighted by molar-refractivity contribution is 5.10. The van der Waals surface area contributed by atoms with Crippen LogP contribution >= 0.6 is 0 Å². The summed E-state index contributed by atoms with van der Waals surface area (Å²) in [6, 6.07) is 2.91. The molecule has 102 valence electrons. The second-order valence-electron chi connectivity index (χ2n) is 5.25. The van der Waals surface area contributed by atoms with E-state index >= 15 is 0 Å². The molecule has 0 bridgehead atoms. The molecule has 1 aromatic rings. The van der Waals surface area contributed by atoms with Crippen LogP contribution in [0.1, 0.15) is 38.1 Å². The van der Waals surface area contributed by atoms with Crippen molar-refractivity contribution in [2.24, 2.45) is 0 Å². The Morgan fingerprint density at radius 3 is 2.67 bits per heavy atom. The Kier molecular flexibility index (Phi) is 4.78. The fraction of sp³-hybridized carbons (Fsp3) is 0.786. The van der Waals surface area contributed by atoms with Crippen molar-refractivity contribution in [3.05, 3.63) is 17.5 Å². The Balaban J connectivity index is 1.87. The number of nitrogens with zero attached hydrogens (tertiary/aromatic N) is 3. The number of nitrogens with one attached hydrogen (secondary N) is 1. The molecule has 1 saturated heterocycles. The molecule has 2 rings (SSSR count). The van der Waals surface area contributed by atoms with Crippen LogP contribution in [0, 0.1) is 0 Å². The average molecular weight is 250 g/mol. The SMILES string of the molecule is CCc1cc(CNC2CCN(C)CC2)n(CC)n1. The first kappa shape index (κ1) is 13.6. The van der Waals surface area contributed by atoms with Crippen LogP contribution in [0.15, 0.2) is 6.07 Å². The Hall–Kier alpha value is -0.870. The van der Waals surface area contributed by atoms with Gasteiger partial charge in [-0.2, -0.15) is 5.10 Å². The lowest BCUT2D eigenvalue weighted by molar-refractivity contribution is 0.233. The minimum Gasteiger partial charge on any atom is -0.308 e. The summed E-state index contributed by atoms with van der Waals surface area (Å²) < 4.78 is 2.13. The average Bonchev–Trinajstić information content (AvgIpc) is 2.80. The van der Waals surface area contributed by atoms with Crippen molar-refractivity contribution in [2.75, 3.05) is 20.1 Å². The van der Waals surface area contributed by atoms with Gasteiger partial charge in [-0.05, 0) is 52.4 Å². The lowest BCUT2D eigenvalue weighted by Gasteiger charge is -2.29. The van der Waals surface area contributed by atoms with E-state index in [-0.39, 0.29) is 0 Å². The van der Waals surface area contributed by atoms with E-state index in [1.54, 1.807) is 0 Å². The Morgan fingerprint density at radius 1 is 1.33 bits per heavy atom. The van der Waals surface area contributed by atoms with Gasteiger partial charge in [-0.15, -0.1) is 0 Å². The number of aromatic nitrogens is 2. The zero-order chi connectivity index (χ0) is 13.0. The molecule has 1 aliphatic heterocycles. The topological polar surface area (TPSA) is 33.1 Å². The van der Waals surface area contributed by atoms with Crippen LogP contribution in [0.25, 0.3) is 0 Å². The van der Waals surface area contributed by atoms with Crippen molar-refractivity contribution < 1.29 is 0 Å². The van der Waals surface area contributed by atoms with Crippen LogP contribution in [0.2, 0.25) is 0 Å². The molecule has 4 heteroatoms. The number of likely N-dealkylation sites (tertiary alicyclic amines) is 1. The lowest BCUT2D eigenvalue weighted by atomic mass is 10.1. The molecule has 0 atom stereocenters. The van der Waals surface area contributed by atoms with Crippen LogP contribution in [-0.4, -0.2) is 40.9 Å². The standard InChI is InChI=1S/C14H26N4/c1-4-12-10-14(18(5-2)16-12)11-15-13-6-8-17(3)9-7-13/h10,13,15H,4-9,11H2,1-3H3. The van der Waals surface area contributed by atoms with E-state index in [1.807, 2.05) is 0 Å². The van der Waals surface area contributed by atoms with Gasteiger partial charge in [0.15, 0.2) is 0 Å². The van der Waals surface area contributed by atoms with E-state index in [0.717, 1.165) is 19.5 Å². The van der Waals surface area contributed by atoms with E-state index in [2.05, 4.69) is 47.0 Å². The summed E-state index contributed by atoms with van der Waals surface area (Å²) in [7, 11) is 2.20. The maximum Gasteiger partial charge on any atom is 0.0625 e. The predicted molar refractivity (Wildman–Crippen MR) is 74.6 cm³/mol. The number of aryl methyl sites for hydroxylation is 2. The molecule has 2 heterocycles. The van der Waals surface area contributed by atoms with Gasteiger partial charge in [0.25, 0.3) is 0 Å². The molecule has 1 aromatic heterocycles. The molecule has 0 aliphatic carbocycles. The zero-order valence-corrected chi connectivity index (χ0v) is 11.9. The van der Waals surface area contributed by atoms with Crippen molar-refractivity contribution >= 4 is 0 Å². The lowest BCUT2D eigenvalue weighted by Crippen LogP contribution is -2.40. The summed E-state index contributed by atoms with van der Waals surface area (Å²) in [6.07, 6.45) is 3.54. The molecule has 0 spiro atoms. The molecule has 1 N–H and O–H groups in total. The summed E-state index contributed by atoms with van der Waals surface area (Å²) in [4.78, 5) is 2.41. The van der Waals surface area contributed by atoms with E-state index < -0.39 is 0 Å². The normalized spacial score (nSPS) is 18.4. The van der Waals surface area contributed by atoms with E-state index in [1.165, 1.54) is 37.3 Å². The third-order valence-electron chi connectivity index (χ3n) is 3.87. The Bertz CT molecular complexity index is 364. The van der Waals surface area contributed by atoms with Crippen molar-refractivity contribution in [2.45, 2.75) is 52.2 Å². The molecule has 18 heavy (non-hydrogen) atoms. The number of piperidine rings is 1. The molecule has 0 radical (unpaired) electrons. The monoisotopic (exact) mass is 250 g/mol. The molecule has 0 unspecified atom stereocenters. The van der Waals surface area contributed by atoms with Crippen molar-refractivity contribution in [3.8, 4) is 0 Å². The quantitative estimate of drug-likeness (QED) is 0.862. The van der Waals surface area contributed by atoms with Crippen molar-refractivity contribution in [1.82, 2.24) is 20.0 Å². The fourth-order valence-corrected chi connectivity index (χ4v) is 2.57. The Morgan fingerprint density at radius 2 is 2.06 bits per heavy atom. The molecule has 4 nitrogen and oxygen atoms in total. The van der Waals surface area contributed by atoms with Gasteiger partial charge >= 0.3 is 0 Å². The molecule has 1 fully saturated rings. The summed E-state index contributed by atoms with van der Waals surface area (Å²) in [6.45, 7) is 8.66. The van der Waals surface area contributed by atoms with Gasteiger partial charge in [0.05, 0.1) is 11.4 Å². The van der Waals surface area contributed by atoms with Crippen LogP contribution < -0.4 is 5.32 Å². The maximum atomic E-state index is 4.59. The van der Waals surface area contributed by atoms with Gasteiger partial charge in [0, 0.05) is 19.1 Å². The second-order valence-corrected chi connectivity index (χ2v) is 5.25. The van der Waals surface area contributed by atoms with E-state index in [9.17, 15) is 0 Å². The molecule has 0 amide bonds. The maximum absolute atomic E-state index is 4.59. The van der Waals surface area contributed by atoms with Gasteiger partial charge in [0.1, 0.15) is 0 Å². The van der Waals surface area contributed by atoms with Gasteiger partial charge in [-0.25, -0.2) is 0 Å². The molecule has 0 aromatic carbocycles. The molecular weight excluding hydrogens is 224 g/mol. The highest BCUT2D eigenvalue weighted by Crippen LogP contribution is 2.10.